The summed E-state index contributed by atoms with van der Waals surface area (Å²) in [7, 11) is 0. The molecule has 1 saturated carbocycles. The predicted molar refractivity (Wildman–Crippen MR) is 105 cm³/mol. The van der Waals surface area contributed by atoms with Gasteiger partial charge in [-0.15, -0.1) is 12.4 Å². The van der Waals surface area contributed by atoms with Gasteiger partial charge in [0, 0.05) is 11.0 Å². The second-order valence-corrected chi connectivity index (χ2v) is 8.46. The van der Waals surface area contributed by atoms with E-state index in [-0.39, 0.29) is 29.1 Å². The van der Waals surface area contributed by atoms with Gasteiger partial charge in [0.1, 0.15) is 0 Å². The zero-order valence-electron chi connectivity index (χ0n) is 14.4. The highest BCUT2D eigenvalue weighted by molar-refractivity contribution is 9.10. The maximum Gasteiger partial charge on any atom is 0.230 e. The summed E-state index contributed by atoms with van der Waals surface area (Å²) in [6.07, 6.45) is 6.48. The summed E-state index contributed by atoms with van der Waals surface area (Å²) < 4.78 is 1.05. The Morgan fingerprint density at radius 1 is 1.21 bits per heavy atom. The Morgan fingerprint density at radius 3 is 2.50 bits per heavy atom. The van der Waals surface area contributed by atoms with E-state index in [0.717, 1.165) is 68.2 Å². The summed E-state index contributed by atoms with van der Waals surface area (Å²) in [5, 5.41) is 6.72. The normalized spacial score (nSPS) is 21.8. The van der Waals surface area contributed by atoms with Crippen LogP contribution in [0.2, 0.25) is 0 Å². The zero-order chi connectivity index (χ0) is 16.3. The predicted octanol–water partition coefficient (Wildman–Crippen LogP) is 4.19. The maximum absolute atomic E-state index is 13.1. The van der Waals surface area contributed by atoms with Crippen LogP contribution in [0.3, 0.4) is 0 Å². The second kappa shape index (κ2) is 8.20. The molecule has 1 aromatic carbocycles. The van der Waals surface area contributed by atoms with E-state index in [1.54, 1.807) is 0 Å². The first-order valence-electron chi connectivity index (χ1n) is 8.79. The molecule has 2 N–H and O–H groups in total. The van der Waals surface area contributed by atoms with Crippen molar-refractivity contribution >= 4 is 34.2 Å². The lowest BCUT2D eigenvalue weighted by Crippen LogP contribution is -2.48. The van der Waals surface area contributed by atoms with Crippen LogP contribution in [0.5, 0.6) is 0 Å². The first-order chi connectivity index (χ1) is 11.0. The number of halogens is 2. The highest BCUT2D eigenvalue weighted by Gasteiger charge is 2.43. The van der Waals surface area contributed by atoms with Crippen molar-refractivity contribution in [2.75, 3.05) is 19.6 Å². The summed E-state index contributed by atoms with van der Waals surface area (Å²) in [5.41, 5.74) is 1.07. The summed E-state index contributed by atoms with van der Waals surface area (Å²) in [6, 6.07) is 8.31. The van der Waals surface area contributed by atoms with Crippen molar-refractivity contribution in [2.24, 2.45) is 5.41 Å². The molecule has 1 aromatic rings. The number of benzene rings is 1. The molecule has 0 unspecified atom stereocenters. The lowest BCUT2D eigenvalue weighted by Gasteiger charge is -2.36. The summed E-state index contributed by atoms with van der Waals surface area (Å²) in [5.74, 6) is 0.229. The van der Waals surface area contributed by atoms with E-state index in [4.69, 9.17) is 0 Å². The van der Waals surface area contributed by atoms with Gasteiger partial charge in [-0.1, -0.05) is 47.8 Å². The van der Waals surface area contributed by atoms with Gasteiger partial charge in [-0.2, -0.15) is 0 Å². The molecule has 1 heterocycles. The zero-order valence-corrected chi connectivity index (χ0v) is 16.8. The highest BCUT2D eigenvalue weighted by Crippen LogP contribution is 2.42. The van der Waals surface area contributed by atoms with Gasteiger partial charge in [-0.05, 0) is 61.9 Å². The molecule has 0 spiro atoms. The second-order valence-electron chi connectivity index (χ2n) is 7.54. The minimum absolute atomic E-state index is 0. The van der Waals surface area contributed by atoms with Crippen LogP contribution in [0, 0.1) is 5.41 Å². The van der Waals surface area contributed by atoms with Gasteiger partial charge in [0.15, 0.2) is 0 Å². The van der Waals surface area contributed by atoms with Crippen LogP contribution in [0.15, 0.2) is 28.7 Å². The van der Waals surface area contributed by atoms with Crippen LogP contribution < -0.4 is 10.6 Å². The molecule has 1 aliphatic heterocycles. The van der Waals surface area contributed by atoms with Crippen LogP contribution in [-0.4, -0.2) is 25.5 Å². The standard InChI is InChI=1S/C19H27BrN2O.ClH/c1-18(9-11-21-12-10-18)14-22-17(23)19(7-2-3-8-19)15-5-4-6-16(20)13-15;/h4-6,13,21H,2-3,7-12,14H2,1H3,(H,22,23);1H. The minimum atomic E-state index is -0.326. The molecule has 0 bridgehead atoms. The van der Waals surface area contributed by atoms with E-state index < -0.39 is 0 Å². The van der Waals surface area contributed by atoms with E-state index in [1.807, 2.05) is 12.1 Å². The fourth-order valence-corrected chi connectivity index (χ4v) is 4.48. The molecule has 5 heteroatoms. The van der Waals surface area contributed by atoms with Crippen molar-refractivity contribution in [3.63, 3.8) is 0 Å². The average molecular weight is 416 g/mol. The Hall–Kier alpha value is -0.580. The molecule has 1 aliphatic carbocycles. The van der Waals surface area contributed by atoms with Gasteiger partial charge in [-0.3, -0.25) is 4.79 Å². The number of amides is 1. The van der Waals surface area contributed by atoms with Gasteiger partial charge >= 0.3 is 0 Å². The monoisotopic (exact) mass is 414 g/mol. The number of nitrogens with one attached hydrogen (secondary N) is 2. The lowest BCUT2D eigenvalue weighted by molar-refractivity contribution is -0.127. The third-order valence-electron chi connectivity index (χ3n) is 5.76. The third kappa shape index (κ3) is 4.14. The topological polar surface area (TPSA) is 41.1 Å². The fourth-order valence-electron chi connectivity index (χ4n) is 4.08. The molecule has 0 radical (unpaired) electrons. The molecular weight excluding hydrogens is 388 g/mol. The van der Waals surface area contributed by atoms with Gasteiger partial charge in [-0.25, -0.2) is 0 Å². The number of carbonyl (C=O) groups excluding carboxylic acids is 1. The maximum atomic E-state index is 13.1. The average Bonchev–Trinajstić information content (AvgIpc) is 3.04. The number of rotatable bonds is 4. The number of hydrogen-bond donors (Lipinski definition) is 2. The molecule has 0 aromatic heterocycles. The van der Waals surface area contributed by atoms with Gasteiger partial charge in [0.05, 0.1) is 5.41 Å². The van der Waals surface area contributed by atoms with E-state index in [2.05, 4.69) is 45.6 Å². The Kier molecular flexibility index (Phi) is 6.74. The van der Waals surface area contributed by atoms with E-state index in [9.17, 15) is 4.79 Å². The van der Waals surface area contributed by atoms with Crippen molar-refractivity contribution < 1.29 is 4.79 Å². The van der Waals surface area contributed by atoms with E-state index in [0.29, 0.717) is 0 Å². The van der Waals surface area contributed by atoms with E-state index >= 15 is 0 Å². The van der Waals surface area contributed by atoms with Crippen molar-refractivity contribution in [1.82, 2.24) is 10.6 Å². The summed E-state index contributed by atoms with van der Waals surface area (Å²) in [4.78, 5) is 13.1. The van der Waals surface area contributed by atoms with Crippen molar-refractivity contribution in [2.45, 2.75) is 50.9 Å². The van der Waals surface area contributed by atoms with Gasteiger partial charge in [0.2, 0.25) is 5.91 Å². The first kappa shape index (κ1) is 19.7. The Balaban J connectivity index is 0.00000208. The highest BCUT2D eigenvalue weighted by atomic mass is 79.9. The lowest BCUT2D eigenvalue weighted by atomic mass is 9.77. The SMILES string of the molecule is CC1(CNC(=O)C2(c3cccc(Br)c3)CCCC2)CCNCC1.Cl. The van der Waals surface area contributed by atoms with Crippen LogP contribution in [0.4, 0.5) is 0 Å². The number of hydrogen-bond acceptors (Lipinski definition) is 2. The van der Waals surface area contributed by atoms with Gasteiger partial charge < -0.3 is 10.6 Å². The molecule has 3 nitrogen and oxygen atoms in total. The molecule has 134 valence electrons. The quantitative estimate of drug-likeness (QED) is 0.774. The number of piperidine rings is 1. The molecule has 1 saturated heterocycles. The van der Waals surface area contributed by atoms with Crippen molar-refractivity contribution in [3.8, 4) is 0 Å². The first-order valence-corrected chi connectivity index (χ1v) is 9.59. The van der Waals surface area contributed by atoms with Crippen LogP contribution >= 0.6 is 28.3 Å². The van der Waals surface area contributed by atoms with Crippen molar-refractivity contribution in [3.05, 3.63) is 34.3 Å². The third-order valence-corrected chi connectivity index (χ3v) is 6.25. The molecule has 24 heavy (non-hydrogen) atoms. The summed E-state index contributed by atoms with van der Waals surface area (Å²) in [6.45, 7) is 5.21. The Bertz CT molecular complexity index is 566. The molecule has 0 atom stereocenters. The van der Waals surface area contributed by atoms with Gasteiger partial charge in [0.25, 0.3) is 0 Å². The van der Waals surface area contributed by atoms with Crippen LogP contribution in [0.25, 0.3) is 0 Å². The molecular formula is C19H28BrClN2O. The molecule has 2 fully saturated rings. The molecule has 3 rings (SSSR count). The Morgan fingerprint density at radius 2 is 1.88 bits per heavy atom. The Labute approximate surface area is 159 Å². The molecule has 1 amide bonds. The smallest absolute Gasteiger partial charge is 0.230 e. The van der Waals surface area contributed by atoms with Crippen LogP contribution in [0.1, 0.15) is 51.0 Å². The van der Waals surface area contributed by atoms with Crippen molar-refractivity contribution in [1.29, 1.82) is 0 Å². The van der Waals surface area contributed by atoms with Crippen LogP contribution in [-0.2, 0) is 10.2 Å². The summed E-state index contributed by atoms with van der Waals surface area (Å²) >= 11 is 3.55. The van der Waals surface area contributed by atoms with E-state index in [1.165, 1.54) is 0 Å². The number of carbonyl (C=O) groups is 1. The largest absolute Gasteiger partial charge is 0.355 e. The fraction of sp³-hybridized carbons (Fsp3) is 0.632. The molecule has 2 aliphatic rings. The minimum Gasteiger partial charge on any atom is -0.355 e.